The molecule has 0 radical (unpaired) electrons. The van der Waals surface area contributed by atoms with Crippen molar-refractivity contribution in [1.29, 1.82) is 0 Å². The molecule has 0 aromatic heterocycles. The number of guanidine groups is 1. The van der Waals surface area contributed by atoms with Crippen molar-refractivity contribution in [1.82, 2.24) is 10.6 Å². The zero-order chi connectivity index (χ0) is 17.3. The Morgan fingerprint density at radius 2 is 2.12 bits per heavy atom. The van der Waals surface area contributed by atoms with E-state index in [0.717, 1.165) is 56.4 Å². The van der Waals surface area contributed by atoms with Gasteiger partial charge in [0.15, 0.2) is 5.96 Å². The predicted molar refractivity (Wildman–Crippen MR) is 102 cm³/mol. The summed E-state index contributed by atoms with van der Waals surface area (Å²) in [5.74, 6) is 1.73. The highest BCUT2D eigenvalue weighted by Crippen LogP contribution is 2.32. The molecule has 0 atom stereocenters. The van der Waals surface area contributed by atoms with E-state index < -0.39 is 0 Å². The van der Waals surface area contributed by atoms with Crippen molar-refractivity contribution >= 4 is 17.7 Å². The monoisotopic (exact) mass is 351 g/mol. The Morgan fingerprint density at radius 3 is 2.79 bits per heavy atom. The number of benzene rings is 1. The van der Waals surface area contributed by atoms with Gasteiger partial charge < -0.3 is 20.1 Å². The van der Waals surface area contributed by atoms with Crippen molar-refractivity contribution < 1.29 is 9.47 Å². The van der Waals surface area contributed by atoms with Crippen LogP contribution in [-0.4, -0.2) is 50.4 Å². The molecule has 1 fully saturated rings. The molecular formula is C18H29N3O2S. The van der Waals surface area contributed by atoms with Crippen molar-refractivity contribution in [3.05, 3.63) is 29.8 Å². The molecule has 1 saturated heterocycles. The van der Waals surface area contributed by atoms with Crippen LogP contribution in [-0.2, 0) is 11.3 Å². The van der Waals surface area contributed by atoms with Crippen LogP contribution in [0.25, 0.3) is 0 Å². The fraction of sp³-hybridized carbons (Fsp3) is 0.611. The average Bonchev–Trinajstić information content (AvgIpc) is 2.65. The van der Waals surface area contributed by atoms with Crippen molar-refractivity contribution in [2.45, 2.75) is 31.1 Å². The van der Waals surface area contributed by atoms with Crippen LogP contribution in [0.4, 0.5) is 0 Å². The van der Waals surface area contributed by atoms with Crippen molar-refractivity contribution in [2.24, 2.45) is 4.99 Å². The van der Waals surface area contributed by atoms with E-state index in [1.165, 1.54) is 0 Å². The maximum Gasteiger partial charge on any atom is 0.191 e. The smallest absolute Gasteiger partial charge is 0.191 e. The van der Waals surface area contributed by atoms with Crippen LogP contribution in [0.15, 0.2) is 29.3 Å². The number of thioether (sulfide) groups is 1. The first-order chi connectivity index (χ1) is 11.7. The molecule has 134 valence electrons. The van der Waals surface area contributed by atoms with E-state index in [2.05, 4.69) is 29.9 Å². The third kappa shape index (κ3) is 5.60. The zero-order valence-electron chi connectivity index (χ0n) is 14.9. The molecule has 0 unspecified atom stereocenters. The number of methoxy groups -OCH3 is 1. The number of ether oxygens (including phenoxy) is 2. The molecule has 1 heterocycles. The second-order valence-electron chi connectivity index (χ2n) is 5.90. The predicted octanol–water partition coefficient (Wildman–Crippen LogP) is 2.66. The molecule has 1 aromatic carbocycles. The Kier molecular flexibility index (Phi) is 7.72. The maximum absolute atomic E-state index is 5.51. The fourth-order valence-corrected chi connectivity index (χ4v) is 3.52. The Bertz CT molecular complexity index is 531. The number of nitrogens with one attached hydrogen (secondary N) is 2. The molecule has 2 N–H and O–H groups in total. The van der Waals surface area contributed by atoms with E-state index in [1.807, 2.05) is 30.0 Å². The summed E-state index contributed by atoms with van der Waals surface area (Å²) < 4.78 is 11.0. The largest absolute Gasteiger partial charge is 0.497 e. The minimum Gasteiger partial charge on any atom is -0.497 e. The number of rotatable bonds is 7. The molecule has 1 aliphatic rings. The van der Waals surface area contributed by atoms with E-state index >= 15 is 0 Å². The molecule has 0 bridgehead atoms. The Balaban J connectivity index is 1.97. The number of aliphatic imine (C=N–C) groups is 1. The van der Waals surface area contributed by atoms with Crippen LogP contribution in [0, 0.1) is 0 Å². The van der Waals surface area contributed by atoms with Crippen molar-refractivity contribution in [3.8, 4) is 5.75 Å². The highest BCUT2D eigenvalue weighted by Gasteiger charge is 2.31. The van der Waals surface area contributed by atoms with E-state index in [4.69, 9.17) is 14.5 Å². The van der Waals surface area contributed by atoms with Gasteiger partial charge in [-0.3, -0.25) is 0 Å². The minimum atomic E-state index is 0.240. The average molecular weight is 352 g/mol. The molecular weight excluding hydrogens is 322 g/mol. The standard InChI is InChI=1S/C18H29N3O2S/c1-4-19-17(20-13-15-6-5-7-16(12-15)22-2)21-14-18(24-3)8-10-23-11-9-18/h5-7,12H,4,8-11,13-14H2,1-3H3,(H2,19,20,21). The summed E-state index contributed by atoms with van der Waals surface area (Å²) in [5, 5.41) is 6.84. The summed E-state index contributed by atoms with van der Waals surface area (Å²) in [7, 11) is 1.68. The molecule has 0 aliphatic carbocycles. The highest BCUT2D eigenvalue weighted by molar-refractivity contribution is 8.00. The van der Waals surface area contributed by atoms with Crippen molar-refractivity contribution in [2.75, 3.05) is 39.7 Å². The first-order valence-corrected chi connectivity index (χ1v) is 9.72. The summed E-state index contributed by atoms with van der Waals surface area (Å²) in [5.41, 5.74) is 1.14. The van der Waals surface area contributed by atoms with Crippen LogP contribution in [0.1, 0.15) is 25.3 Å². The second kappa shape index (κ2) is 9.79. The second-order valence-corrected chi connectivity index (χ2v) is 7.17. The Morgan fingerprint density at radius 1 is 1.33 bits per heavy atom. The molecule has 24 heavy (non-hydrogen) atoms. The normalized spacial score (nSPS) is 17.4. The fourth-order valence-electron chi connectivity index (χ4n) is 2.72. The van der Waals surface area contributed by atoms with E-state index in [9.17, 15) is 0 Å². The lowest BCUT2D eigenvalue weighted by atomic mass is 9.99. The van der Waals surface area contributed by atoms with Crippen LogP contribution in [0.2, 0.25) is 0 Å². The molecule has 1 aliphatic heterocycles. The van der Waals surface area contributed by atoms with Gasteiger partial charge in [-0.15, -0.1) is 0 Å². The molecule has 0 saturated carbocycles. The lowest BCUT2D eigenvalue weighted by molar-refractivity contribution is 0.0783. The van der Waals surface area contributed by atoms with Gasteiger partial charge in [0.05, 0.1) is 13.7 Å². The molecule has 6 heteroatoms. The molecule has 2 rings (SSSR count). The van der Waals surface area contributed by atoms with Crippen molar-refractivity contribution in [3.63, 3.8) is 0 Å². The Labute approximate surface area is 149 Å². The van der Waals surface area contributed by atoms with Crippen LogP contribution < -0.4 is 15.4 Å². The summed E-state index contributed by atoms with van der Waals surface area (Å²) in [6.07, 6.45) is 4.35. The van der Waals surface area contributed by atoms with Gasteiger partial charge in [0.2, 0.25) is 0 Å². The van der Waals surface area contributed by atoms with Gasteiger partial charge in [0, 0.05) is 31.1 Å². The third-order valence-electron chi connectivity index (χ3n) is 4.31. The number of hydrogen-bond donors (Lipinski definition) is 2. The summed E-state index contributed by atoms with van der Waals surface area (Å²) >= 11 is 1.93. The van der Waals surface area contributed by atoms with E-state index in [0.29, 0.717) is 6.54 Å². The van der Waals surface area contributed by atoms with E-state index in [1.54, 1.807) is 7.11 Å². The third-order valence-corrected chi connectivity index (χ3v) is 5.73. The summed E-state index contributed by atoms with van der Waals surface area (Å²) in [6, 6.07) is 8.03. The van der Waals surface area contributed by atoms with Crippen LogP contribution in [0.3, 0.4) is 0 Å². The zero-order valence-corrected chi connectivity index (χ0v) is 15.7. The first-order valence-electron chi connectivity index (χ1n) is 8.49. The molecule has 0 spiro atoms. The molecule has 0 amide bonds. The molecule has 1 aromatic rings. The van der Waals surface area contributed by atoms with Crippen LogP contribution >= 0.6 is 11.8 Å². The summed E-state index contributed by atoms with van der Waals surface area (Å²) in [6.45, 7) is 6.16. The first kappa shape index (κ1) is 18.9. The SMILES string of the molecule is CCNC(=NCc1cccc(OC)c1)NCC1(SC)CCOCC1. The van der Waals surface area contributed by atoms with Crippen LogP contribution in [0.5, 0.6) is 5.75 Å². The quantitative estimate of drug-likeness (QED) is 0.584. The lowest BCUT2D eigenvalue weighted by Gasteiger charge is -2.36. The Hall–Kier alpha value is -1.40. The van der Waals surface area contributed by atoms with Gasteiger partial charge in [-0.25, -0.2) is 4.99 Å². The molecule has 5 nitrogen and oxygen atoms in total. The van der Waals surface area contributed by atoms with E-state index in [-0.39, 0.29) is 4.75 Å². The van der Waals surface area contributed by atoms with Gasteiger partial charge >= 0.3 is 0 Å². The maximum atomic E-state index is 5.51. The van der Waals surface area contributed by atoms with Gasteiger partial charge in [-0.05, 0) is 43.7 Å². The van der Waals surface area contributed by atoms with Gasteiger partial charge in [0.1, 0.15) is 5.75 Å². The minimum absolute atomic E-state index is 0.240. The highest BCUT2D eigenvalue weighted by atomic mass is 32.2. The lowest BCUT2D eigenvalue weighted by Crippen LogP contribution is -2.47. The van der Waals surface area contributed by atoms with Gasteiger partial charge in [-0.2, -0.15) is 11.8 Å². The van der Waals surface area contributed by atoms with Gasteiger partial charge in [-0.1, -0.05) is 12.1 Å². The van der Waals surface area contributed by atoms with Gasteiger partial charge in [0.25, 0.3) is 0 Å². The number of hydrogen-bond acceptors (Lipinski definition) is 4. The topological polar surface area (TPSA) is 54.9 Å². The summed E-state index contributed by atoms with van der Waals surface area (Å²) in [4.78, 5) is 4.71. The number of nitrogens with zero attached hydrogens (tertiary/aromatic N) is 1.